The van der Waals surface area contributed by atoms with Crippen molar-refractivity contribution in [2.75, 3.05) is 7.11 Å². The van der Waals surface area contributed by atoms with Gasteiger partial charge in [0.2, 0.25) is 0 Å². The number of non-ortho nitro benzene ring substituents is 1. The van der Waals surface area contributed by atoms with Crippen molar-refractivity contribution in [2.45, 2.75) is 6.92 Å². The van der Waals surface area contributed by atoms with E-state index in [2.05, 4.69) is 6.07 Å². The molecule has 0 unspecified atom stereocenters. The standard InChI is InChI=1S/C21H16N2O4/c1-14-3-5-15(6-4-14)16(13-22)11-18-8-10-20(27-18)19-9-7-17(23(24)25)12-21(19)26-2/h3-12H,1-2H3/b16-11-. The van der Waals surface area contributed by atoms with E-state index in [4.69, 9.17) is 9.15 Å². The number of nitrogens with zero attached hydrogens (tertiary/aromatic N) is 2. The van der Waals surface area contributed by atoms with Gasteiger partial charge in [-0.05, 0) is 36.8 Å². The van der Waals surface area contributed by atoms with E-state index in [0.29, 0.717) is 28.4 Å². The number of ether oxygens (including phenoxy) is 1. The van der Waals surface area contributed by atoms with Crippen molar-refractivity contribution in [2.24, 2.45) is 0 Å². The summed E-state index contributed by atoms with van der Waals surface area (Å²) in [5, 5.41) is 20.4. The molecule has 6 nitrogen and oxygen atoms in total. The molecule has 3 rings (SSSR count). The van der Waals surface area contributed by atoms with Gasteiger partial charge < -0.3 is 9.15 Å². The Labute approximate surface area is 156 Å². The fourth-order valence-electron chi connectivity index (χ4n) is 2.63. The van der Waals surface area contributed by atoms with Gasteiger partial charge in [0.1, 0.15) is 17.3 Å². The number of nitro groups is 1. The van der Waals surface area contributed by atoms with Gasteiger partial charge in [-0.15, -0.1) is 0 Å². The number of nitro benzene ring substituents is 1. The first-order valence-electron chi connectivity index (χ1n) is 8.13. The van der Waals surface area contributed by atoms with Crippen molar-refractivity contribution in [1.29, 1.82) is 5.26 Å². The minimum Gasteiger partial charge on any atom is -0.496 e. The molecular weight excluding hydrogens is 344 g/mol. The van der Waals surface area contributed by atoms with Crippen molar-refractivity contribution in [3.63, 3.8) is 0 Å². The van der Waals surface area contributed by atoms with Crippen LogP contribution in [0, 0.1) is 28.4 Å². The highest BCUT2D eigenvalue weighted by Gasteiger charge is 2.15. The highest BCUT2D eigenvalue weighted by Crippen LogP contribution is 2.34. The van der Waals surface area contributed by atoms with Crippen molar-refractivity contribution < 1.29 is 14.1 Å². The first kappa shape index (κ1) is 18.0. The van der Waals surface area contributed by atoms with Crippen LogP contribution in [0.3, 0.4) is 0 Å². The van der Waals surface area contributed by atoms with Gasteiger partial charge in [0.05, 0.1) is 35.3 Å². The number of methoxy groups -OCH3 is 1. The molecule has 0 saturated carbocycles. The average molecular weight is 360 g/mol. The van der Waals surface area contributed by atoms with Crippen LogP contribution in [0.1, 0.15) is 16.9 Å². The normalized spacial score (nSPS) is 11.1. The van der Waals surface area contributed by atoms with Crippen LogP contribution in [0.5, 0.6) is 5.75 Å². The molecule has 0 spiro atoms. The maximum absolute atomic E-state index is 10.9. The van der Waals surface area contributed by atoms with Gasteiger partial charge in [0.15, 0.2) is 0 Å². The Balaban J connectivity index is 1.96. The second kappa shape index (κ2) is 7.58. The number of furan rings is 1. The molecule has 0 aliphatic heterocycles. The summed E-state index contributed by atoms with van der Waals surface area (Å²) >= 11 is 0. The highest BCUT2D eigenvalue weighted by molar-refractivity contribution is 5.89. The summed E-state index contributed by atoms with van der Waals surface area (Å²) in [7, 11) is 1.44. The van der Waals surface area contributed by atoms with Crippen LogP contribution in [0.25, 0.3) is 23.0 Å². The molecule has 0 saturated heterocycles. The van der Waals surface area contributed by atoms with E-state index in [1.54, 1.807) is 24.3 Å². The zero-order chi connectivity index (χ0) is 19.4. The second-order valence-corrected chi connectivity index (χ2v) is 5.88. The SMILES string of the molecule is COc1cc([N+](=O)[O-])ccc1-c1ccc(/C=C(/C#N)c2ccc(C)cc2)o1. The van der Waals surface area contributed by atoms with Gasteiger partial charge >= 0.3 is 0 Å². The number of hydrogen-bond acceptors (Lipinski definition) is 5. The number of hydrogen-bond donors (Lipinski definition) is 0. The lowest BCUT2D eigenvalue weighted by Gasteiger charge is -2.05. The summed E-state index contributed by atoms with van der Waals surface area (Å²) in [6, 6.07) is 17.6. The van der Waals surface area contributed by atoms with Crippen LogP contribution in [-0.4, -0.2) is 12.0 Å². The summed E-state index contributed by atoms with van der Waals surface area (Å²) in [6.45, 7) is 1.98. The summed E-state index contributed by atoms with van der Waals surface area (Å²) in [5.41, 5.74) is 2.92. The average Bonchev–Trinajstić information content (AvgIpc) is 3.14. The highest BCUT2D eigenvalue weighted by atomic mass is 16.6. The second-order valence-electron chi connectivity index (χ2n) is 5.88. The molecule has 1 aromatic heterocycles. The van der Waals surface area contributed by atoms with Crippen molar-refractivity contribution in [3.05, 3.63) is 81.6 Å². The molecule has 0 amide bonds. The molecule has 0 N–H and O–H groups in total. The van der Waals surface area contributed by atoms with E-state index in [9.17, 15) is 15.4 Å². The summed E-state index contributed by atoms with van der Waals surface area (Å²) in [5.74, 6) is 1.34. The maximum atomic E-state index is 10.9. The molecular formula is C21H16N2O4. The zero-order valence-electron chi connectivity index (χ0n) is 14.8. The first-order chi connectivity index (χ1) is 13.0. The molecule has 0 atom stereocenters. The number of rotatable bonds is 5. The molecule has 1 heterocycles. The van der Waals surface area contributed by atoms with Gasteiger partial charge in [-0.2, -0.15) is 5.26 Å². The Morgan fingerprint density at radius 2 is 1.93 bits per heavy atom. The van der Waals surface area contributed by atoms with Crippen molar-refractivity contribution in [1.82, 2.24) is 0 Å². The van der Waals surface area contributed by atoms with Gasteiger partial charge in [-0.3, -0.25) is 10.1 Å². The van der Waals surface area contributed by atoms with Crippen LogP contribution in [0.15, 0.2) is 59.0 Å². The lowest BCUT2D eigenvalue weighted by Crippen LogP contribution is -1.92. The Morgan fingerprint density at radius 1 is 1.19 bits per heavy atom. The van der Waals surface area contributed by atoms with Crippen LogP contribution in [0.4, 0.5) is 5.69 Å². The fourth-order valence-corrected chi connectivity index (χ4v) is 2.63. The Kier molecular flexibility index (Phi) is 5.04. The fraction of sp³-hybridized carbons (Fsp3) is 0.0952. The molecule has 27 heavy (non-hydrogen) atoms. The number of aryl methyl sites for hydroxylation is 1. The minimum atomic E-state index is -0.483. The van der Waals surface area contributed by atoms with Gasteiger partial charge in [0, 0.05) is 6.07 Å². The number of allylic oxidation sites excluding steroid dienone is 1. The van der Waals surface area contributed by atoms with E-state index >= 15 is 0 Å². The summed E-state index contributed by atoms with van der Waals surface area (Å²) < 4.78 is 11.1. The van der Waals surface area contributed by atoms with E-state index < -0.39 is 4.92 Å². The summed E-state index contributed by atoms with van der Waals surface area (Å²) in [6.07, 6.45) is 1.66. The zero-order valence-corrected chi connectivity index (χ0v) is 14.8. The van der Waals surface area contributed by atoms with Crippen molar-refractivity contribution in [3.8, 4) is 23.1 Å². The van der Waals surface area contributed by atoms with E-state index in [1.165, 1.54) is 19.2 Å². The molecule has 0 aliphatic rings. The van der Waals surface area contributed by atoms with E-state index in [1.807, 2.05) is 31.2 Å². The van der Waals surface area contributed by atoms with Gasteiger partial charge in [-0.1, -0.05) is 29.8 Å². The lowest BCUT2D eigenvalue weighted by molar-refractivity contribution is -0.384. The van der Waals surface area contributed by atoms with Crippen molar-refractivity contribution >= 4 is 17.3 Å². The third-order valence-corrected chi connectivity index (χ3v) is 4.06. The number of benzene rings is 2. The van der Waals surface area contributed by atoms with E-state index in [-0.39, 0.29) is 5.69 Å². The van der Waals surface area contributed by atoms with Gasteiger partial charge in [0.25, 0.3) is 5.69 Å². The summed E-state index contributed by atoms with van der Waals surface area (Å²) in [4.78, 5) is 10.4. The third kappa shape index (κ3) is 3.88. The predicted molar refractivity (Wildman–Crippen MR) is 102 cm³/mol. The molecule has 3 aromatic rings. The topological polar surface area (TPSA) is 89.3 Å². The lowest BCUT2D eigenvalue weighted by atomic mass is 10.0. The minimum absolute atomic E-state index is 0.0617. The smallest absolute Gasteiger partial charge is 0.273 e. The largest absolute Gasteiger partial charge is 0.496 e. The number of nitriles is 1. The van der Waals surface area contributed by atoms with Gasteiger partial charge in [-0.25, -0.2) is 0 Å². The first-order valence-corrected chi connectivity index (χ1v) is 8.13. The predicted octanol–water partition coefficient (Wildman–Crippen LogP) is 5.24. The Bertz CT molecular complexity index is 1060. The Hall–Kier alpha value is -3.85. The third-order valence-electron chi connectivity index (χ3n) is 4.06. The molecule has 2 aromatic carbocycles. The van der Waals surface area contributed by atoms with E-state index in [0.717, 1.165) is 11.1 Å². The molecule has 0 bridgehead atoms. The van der Waals surface area contributed by atoms with Crippen LogP contribution >= 0.6 is 0 Å². The molecule has 134 valence electrons. The molecule has 0 fully saturated rings. The molecule has 0 aliphatic carbocycles. The van der Waals surface area contributed by atoms with Crippen LogP contribution in [-0.2, 0) is 0 Å². The molecule has 0 radical (unpaired) electrons. The monoisotopic (exact) mass is 360 g/mol. The quantitative estimate of drug-likeness (QED) is 0.353. The Morgan fingerprint density at radius 3 is 2.56 bits per heavy atom. The molecule has 6 heteroatoms. The maximum Gasteiger partial charge on any atom is 0.273 e. The van der Waals surface area contributed by atoms with Crippen LogP contribution in [0.2, 0.25) is 0 Å². The van der Waals surface area contributed by atoms with Crippen LogP contribution < -0.4 is 4.74 Å².